The maximum absolute atomic E-state index is 12.6. The molecule has 2 aliphatic rings. The summed E-state index contributed by atoms with van der Waals surface area (Å²) in [4.78, 5) is 18.7. The van der Waals surface area contributed by atoms with Crippen LogP contribution in [0.1, 0.15) is 24.8 Å². The van der Waals surface area contributed by atoms with Gasteiger partial charge in [0.2, 0.25) is 0 Å². The van der Waals surface area contributed by atoms with E-state index in [1.165, 1.54) is 0 Å². The van der Waals surface area contributed by atoms with Gasteiger partial charge in [0.25, 0.3) is 0 Å². The lowest BCUT2D eigenvalue weighted by Crippen LogP contribution is -2.43. The van der Waals surface area contributed by atoms with Crippen LogP contribution in [0.2, 0.25) is 0 Å². The number of carbonyl (C=O) groups is 1. The number of rotatable bonds is 6. The van der Waals surface area contributed by atoms with Crippen molar-refractivity contribution in [2.45, 2.75) is 31.8 Å². The number of nitrogens with zero attached hydrogens (tertiary/aromatic N) is 3. The van der Waals surface area contributed by atoms with E-state index >= 15 is 0 Å². The zero-order valence-electron chi connectivity index (χ0n) is 14.3. The van der Waals surface area contributed by atoms with Crippen molar-refractivity contribution in [3.05, 3.63) is 48.5 Å². The Bertz CT molecular complexity index is 689. The lowest BCUT2D eigenvalue weighted by atomic mass is 10.1. The van der Waals surface area contributed by atoms with Crippen molar-refractivity contribution in [3.8, 4) is 5.69 Å². The summed E-state index contributed by atoms with van der Waals surface area (Å²) in [7, 11) is 0. The summed E-state index contributed by atoms with van der Waals surface area (Å²) in [6.07, 6.45) is 8.76. The number of nitrogens with one attached hydrogen (secondary N) is 1. The first-order chi connectivity index (χ1) is 12.3. The van der Waals surface area contributed by atoms with Crippen molar-refractivity contribution in [1.29, 1.82) is 0 Å². The van der Waals surface area contributed by atoms with Gasteiger partial charge in [-0.3, -0.25) is 0 Å². The molecule has 1 aliphatic carbocycles. The van der Waals surface area contributed by atoms with Crippen LogP contribution in [0.5, 0.6) is 0 Å². The molecule has 2 aromatic rings. The minimum atomic E-state index is 0.0492. The normalized spacial score (nSPS) is 19.8. The Hall–Kier alpha value is -2.34. The molecule has 6 heteroatoms. The summed E-state index contributed by atoms with van der Waals surface area (Å²) in [5.74, 6) is 0.487. The van der Waals surface area contributed by atoms with Crippen molar-refractivity contribution in [3.63, 3.8) is 0 Å². The number of imidazole rings is 1. The molecule has 0 radical (unpaired) electrons. The molecule has 132 valence electrons. The largest absolute Gasteiger partial charge is 0.381 e. The minimum Gasteiger partial charge on any atom is -0.381 e. The lowest BCUT2D eigenvalue weighted by molar-refractivity contribution is 0.162. The van der Waals surface area contributed by atoms with Crippen LogP contribution < -0.4 is 5.32 Å². The first kappa shape index (κ1) is 16.1. The van der Waals surface area contributed by atoms with Crippen molar-refractivity contribution in [2.75, 3.05) is 19.8 Å². The third-order valence-electron chi connectivity index (χ3n) is 4.91. The number of aromatic nitrogens is 2. The molecule has 1 aromatic heterocycles. The SMILES string of the molecule is O=C(NCc1ccc(-n2ccnc2)cc1)N(CC1CCOC1)C1CC1. The standard InChI is InChI=1S/C19H24N4O2/c24-19(23(18-5-6-18)12-16-7-10-25-13-16)21-11-15-1-3-17(4-2-15)22-9-8-20-14-22/h1-4,8-9,14,16,18H,5-7,10-13H2,(H,21,24). The fourth-order valence-corrected chi connectivity index (χ4v) is 3.27. The van der Waals surface area contributed by atoms with Crippen molar-refractivity contribution in [1.82, 2.24) is 19.8 Å². The van der Waals surface area contributed by atoms with E-state index < -0.39 is 0 Å². The fourth-order valence-electron chi connectivity index (χ4n) is 3.27. The van der Waals surface area contributed by atoms with Gasteiger partial charge in [-0.15, -0.1) is 0 Å². The summed E-state index contributed by atoms with van der Waals surface area (Å²) >= 11 is 0. The van der Waals surface area contributed by atoms with Gasteiger partial charge in [0.05, 0.1) is 12.9 Å². The fraction of sp³-hybridized carbons (Fsp3) is 0.474. The molecule has 1 aliphatic heterocycles. The number of amides is 2. The molecule has 1 saturated heterocycles. The third-order valence-corrected chi connectivity index (χ3v) is 4.91. The molecule has 1 unspecified atom stereocenters. The highest BCUT2D eigenvalue weighted by molar-refractivity contribution is 5.75. The summed E-state index contributed by atoms with van der Waals surface area (Å²) in [6, 6.07) is 8.64. The van der Waals surface area contributed by atoms with Crippen LogP contribution in [0, 0.1) is 5.92 Å². The molecular weight excluding hydrogens is 316 g/mol. The highest BCUT2D eigenvalue weighted by atomic mass is 16.5. The van der Waals surface area contributed by atoms with Gasteiger partial charge < -0.3 is 19.5 Å². The van der Waals surface area contributed by atoms with Crippen LogP contribution in [-0.2, 0) is 11.3 Å². The molecule has 1 N–H and O–H groups in total. The zero-order valence-corrected chi connectivity index (χ0v) is 14.3. The van der Waals surface area contributed by atoms with Gasteiger partial charge in [0.1, 0.15) is 0 Å². The third kappa shape index (κ3) is 4.02. The molecular formula is C19H24N4O2. The first-order valence-corrected chi connectivity index (χ1v) is 8.99. The lowest BCUT2D eigenvalue weighted by Gasteiger charge is -2.25. The van der Waals surface area contributed by atoms with E-state index in [2.05, 4.69) is 10.3 Å². The molecule has 6 nitrogen and oxygen atoms in total. The molecule has 1 atom stereocenters. The van der Waals surface area contributed by atoms with Crippen molar-refractivity contribution < 1.29 is 9.53 Å². The van der Waals surface area contributed by atoms with Gasteiger partial charge in [0, 0.05) is 49.7 Å². The maximum atomic E-state index is 12.6. The number of benzene rings is 1. The van der Waals surface area contributed by atoms with Crippen LogP contribution >= 0.6 is 0 Å². The molecule has 25 heavy (non-hydrogen) atoms. The average molecular weight is 340 g/mol. The van der Waals surface area contributed by atoms with E-state index in [-0.39, 0.29) is 6.03 Å². The number of urea groups is 1. The maximum Gasteiger partial charge on any atom is 0.317 e. The molecule has 0 spiro atoms. The number of hydrogen-bond acceptors (Lipinski definition) is 3. The second-order valence-corrected chi connectivity index (χ2v) is 6.91. The van der Waals surface area contributed by atoms with Gasteiger partial charge in [-0.25, -0.2) is 9.78 Å². The number of hydrogen-bond donors (Lipinski definition) is 1. The zero-order chi connectivity index (χ0) is 17.1. The van der Waals surface area contributed by atoms with E-state index in [9.17, 15) is 4.79 Å². The first-order valence-electron chi connectivity index (χ1n) is 8.99. The Balaban J connectivity index is 1.32. The predicted molar refractivity (Wildman–Crippen MR) is 94.5 cm³/mol. The summed E-state index contributed by atoms with van der Waals surface area (Å²) in [5, 5.41) is 3.08. The van der Waals surface area contributed by atoms with E-state index in [1.54, 1.807) is 12.5 Å². The van der Waals surface area contributed by atoms with Crippen molar-refractivity contribution in [2.24, 2.45) is 5.92 Å². The Morgan fingerprint density at radius 3 is 2.76 bits per heavy atom. The predicted octanol–water partition coefficient (Wildman–Crippen LogP) is 2.58. The number of ether oxygens (including phenoxy) is 1. The second kappa shape index (κ2) is 7.27. The monoisotopic (exact) mass is 340 g/mol. The van der Waals surface area contributed by atoms with Crippen LogP contribution in [0.25, 0.3) is 5.69 Å². The molecule has 4 rings (SSSR count). The Kier molecular flexibility index (Phi) is 4.70. The van der Waals surface area contributed by atoms with Crippen molar-refractivity contribution >= 4 is 6.03 Å². The molecule has 2 heterocycles. The Labute approximate surface area is 147 Å². The van der Waals surface area contributed by atoms with E-state index in [4.69, 9.17) is 4.74 Å². The molecule has 2 amide bonds. The molecule has 2 fully saturated rings. The smallest absolute Gasteiger partial charge is 0.317 e. The van der Waals surface area contributed by atoms with Gasteiger partial charge in [-0.2, -0.15) is 0 Å². The topological polar surface area (TPSA) is 59.4 Å². The van der Waals surface area contributed by atoms with Gasteiger partial charge in [0.15, 0.2) is 0 Å². The highest BCUT2D eigenvalue weighted by Gasteiger charge is 2.34. The Morgan fingerprint density at radius 1 is 1.28 bits per heavy atom. The summed E-state index contributed by atoms with van der Waals surface area (Å²) < 4.78 is 7.40. The van der Waals surface area contributed by atoms with Gasteiger partial charge in [-0.05, 0) is 37.0 Å². The average Bonchev–Trinajstić information content (AvgIpc) is 3.12. The minimum absolute atomic E-state index is 0.0492. The van der Waals surface area contributed by atoms with Crippen LogP contribution in [0.15, 0.2) is 43.0 Å². The van der Waals surface area contributed by atoms with Crippen LogP contribution in [-0.4, -0.2) is 46.3 Å². The second-order valence-electron chi connectivity index (χ2n) is 6.91. The summed E-state index contributed by atoms with van der Waals surface area (Å²) in [5.41, 5.74) is 2.16. The van der Waals surface area contributed by atoms with E-state index in [0.717, 1.165) is 50.3 Å². The molecule has 1 saturated carbocycles. The van der Waals surface area contributed by atoms with E-state index in [1.807, 2.05) is 39.9 Å². The number of carbonyl (C=O) groups excluding carboxylic acids is 1. The molecule has 1 aromatic carbocycles. The molecule has 0 bridgehead atoms. The Morgan fingerprint density at radius 2 is 2.12 bits per heavy atom. The van der Waals surface area contributed by atoms with Gasteiger partial charge >= 0.3 is 6.03 Å². The highest BCUT2D eigenvalue weighted by Crippen LogP contribution is 2.29. The quantitative estimate of drug-likeness (QED) is 0.879. The van der Waals surface area contributed by atoms with E-state index in [0.29, 0.717) is 18.5 Å². The van der Waals surface area contributed by atoms with Crippen LogP contribution in [0.3, 0.4) is 0 Å². The van der Waals surface area contributed by atoms with Crippen LogP contribution in [0.4, 0.5) is 4.79 Å². The van der Waals surface area contributed by atoms with Gasteiger partial charge in [-0.1, -0.05) is 12.1 Å². The summed E-state index contributed by atoms with van der Waals surface area (Å²) in [6.45, 7) is 2.98.